The Balaban J connectivity index is 1.85. The molecule has 0 aliphatic carbocycles. The van der Waals surface area contributed by atoms with Gasteiger partial charge in [-0.1, -0.05) is 18.2 Å². The van der Waals surface area contributed by atoms with Crippen molar-refractivity contribution in [3.8, 4) is 33.3 Å². The van der Waals surface area contributed by atoms with Gasteiger partial charge in [0.1, 0.15) is 10.8 Å². The Labute approximate surface area is 167 Å². The minimum Gasteiger partial charge on any atom is -0.493 e. The smallest absolute Gasteiger partial charge is 0.216 e. The highest BCUT2D eigenvalue weighted by molar-refractivity contribution is 7.13. The first kappa shape index (κ1) is 19.8. The fraction of sp³-hybridized carbons (Fsp3) is 0.238. The van der Waals surface area contributed by atoms with Crippen LogP contribution in [0.4, 0.5) is 4.39 Å². The molecule has 2 aromatic carbocycles. The van der Waals surface area contributed by atoms with E-state index in [9.17, 15) is 9.18 Å². The van der Waals surface area contributed by atoms with Crippen LogP contribution in [0.25, 0.3) is 21.8 Å². The molecule has 146 valence electrons. The predicted molar refractivity (Wildman–Crippen MR) is 108 cm³/mol. The molecule has 28 heavy (non-hydrogen) atoms. The number of para-hydroxylation sites is 1. The summed E-state index contributed by atoms with van der Waals surface area (Å²) >= 11 is 1.46. The molecule has 3 aromatic rings. The number of thiazole rings is 1. The molecule has 7 heteroatoms. The molecule has 0 unspecified atom stereocenters. The van der Waals surface area contributed by atoms with Gasteiger partial charge in [0.15, 0.2) is 11.5 Å². The monoisotopic (exact) mass is 400 g/mol. The van der Waals surface area contributed by atoms with Crippen LogP contribution in [-0.2, 0) is 11.2 Å². The first-order valence-corrected chi connectivity index (χ1v) is 9.61. The van der Waals surface area contributed by atoms with E-state index in [4.69, 9.17) is 9.47 Å². The van der Waals surface area contributed by atoms with Gasteiger partial charge >= 0.3 is 0 Å². The van der Waals surface area contributed by atoms with Gasteiger partial charge in [0, 0.05) is 24.4 Å². The van der Waals surface area contributed by atoms with Crippen molar-refractivity contribution in [3.63, 3.8) is 0 Å². The Morgan fingerprint density at radius 2 is 2.04 bits per heavy atom. The first-order chi connectivity index (χ1) is 13.5. The lowest BCUT2D eigenvalue weighted by Gasteiger charge is -2.10. The summed E-state index contributed by atoms with van der Waals surface area (Å²) in [5.74, 6) is 0.813. The number of benzene rings is 2. The molecule has 0 spiro atoms. The van der Waals surface area contributed by atoms with E-state index in [1.54, 1.807) is 20.3 Å². The molecular formula is C21H21FN2O3S. The van der Waals surface area contributed by atoms with E-state index < -0.39 is 0 Å². The molecule has 1 amide bonds. The van der Waals surface area contributed by atoms with Gasteiger partial charge in [0.25, 0.3) is 0 Å². The number of rotatable bonds is 7. The number of hydrogen-bond donors (Lipinski definition) is 1. The largest absolute Gasteiger partial charge is 0.493 e. The quantitative estimate of drug-likeness (QED) is 0.642. The Morgan fingerprint density at radius 3 is 2.71 bits per heavy atom. The number of carbonyl (C=O) groups excluding carboxylic acids is 1. The summed E-state index contributed by atoms with van der Waals surface area (Å²) in [6, 6.07) is 10.7. The number of aromatic nitrogens is 1. The van der Waals surface area contributed by atoms with Gasteiger partial charge < -0.3 is 14.8 Å². The zero-order valence-corrected chi connectivity index (χ0v) is 16.7. The van der Waals surface area contributed by atoms with Crippen molar-refractivity contribution in [1.82, 2.24) is 10.3 Å². The zero-order valence-electron chi connectivity index (χ0n) is 15.9. The molecule has 1 heterocycles. The van der Waals surface area contributed by atoms with Gasteiger partial charge in [-0.05, 0) is 30.2 Å². The number of halogens is 1. The number of hydrogen-bond acceptors (Lipinski definition) is 5. The molecule has 0 saturated heterocycles. The van der Waals surface area contributed by atoms with Crippen LogP contribution >= 0.6 is 11.3 Å². The van der Waals surface area contributed by atoms with Crippen LogP contribution in [0.3, 0.4) is 0 Å². The fourth-order valence-corrected chi connectivity index (χ4v) is 3.72. The first-order valence-electron chi connectivity index (χ1n) is 8.73. The number of nitrogens with one attached hydrogen (secondary N) is 1. The average Bonchev–Trinajstić information content (AvgIpc) is 3.18. The van der Waals surface area contributed by atoms with E-state index in [1.165, 1.54) is 24.3 Å². The van der Waals surface area contributed by atoms with E-state index in [2.05, 4.69) is 10.3 Å². The number of carbonyl (C=O) groups is 1. The normalized spacial score (nSPS) is 10.6. The van der Waals surface area contributed by atoms with Crippen molar-refractivity contribution >= 4 is 17.2 Å². The van der Waals surface area contributed by atoms with E-state index in [-0.39, 0.29) is 11.7 Å². The summed E-state index contributed by atoms with van der Waals surface area (Å²) in [5, 5.41) is 5.32. The topological polar surface area (TPSA) is 60.5 Å². The molecule has 5 nitrogen and oxygen atoms in total. The molecule has 0 saturated carbocycles. The summed E-state index contributed by atoms with van der Waals surface area (Å²) in [4.78, 5) is 15.6. The average molecular weight is 400 g/mol. The highest BCUT2D eigenvalue weighted by atomic mass is 32.1. The van der Waals surface area contributed by atoms with Crippen LogP contribution < -0.4 is 14.8 Å². The molecule has 1 N–H and O–H groups in total. The molecule has 3 rings (SSSR count). The standard InChI is InChI=1S/C21H21FN2O3S/c1-13(25)23-10-9-14-7-8-15(11-17(14)22)18-12-28-21(24-18)16-5-4-6-19(26-2)20(16)27-3/h4-8,11-12H,9-10H2,1-3H3,(H,23,25). The summed E-state index contributed by atoms with van der Waals surface area (Å²) in [6.07, 6.45) is 0.440. The summed E-state index contributed by atoms with van der Waals surface area (Å²) in [7, 11) is 3.18. The van der Waals surface area contributed by atoms with Crippen molar-refractivity contribution in [1.29, 1.82) is 0 Å². The second-order valence-electron chi connectivity index (χ2n) is 6.12. The van der Waals surface area contributed by atoms with E-state index in [0.29, 0.717) is 41.3 Å². The van der Waals surface area contributed by atoms with Crippen LogP contribution in [0.5, 0.6) is 11.5 Å². The molecule has 0 aliphatic rings. The van der Waals surface area contributed by atoms with Crippen LogP contribution in [0, 0.1) is 5.82 Å². The van der Waals surface area contributed by atoms with Crippen LogP contribution in [0.2, 0.25) is 0 Å². The maximum atomic E-state index is 14.4. The van der Waals surface area contributed by atoms with Gasteiger partial charge in [-0.15, -0.1) is 11.3 Å². The number of amides is 1. The third-order valence-corrected chi connectivity index (χ3v) is 5.13. The summed E-state index contributed by atoms with van der Waals surface area (Å²) < 4.78 is 25.3. The maximum absolute atomic E-state index is 14.4. The second-order valence-corrected chi connectivity index (χ2v) is 6.98. The highest BCUT2D eigenvalue weighted by Crippen LogP contribution is 2.40. The zero-order chi connectivity index (χ0) is 20.1. The lowest BCUT2D eigenvalue weighted by atomic mass is 10.1. The number of ether oxygens (including phenoxy) is 2. The maximum Gasteiger partial charge on any atom is 0.216 e. The third kappa shape index (κ3) is 4.31. The molecule has 0 bridgehead atoms. The van der Waals surface area contributed by atoms with Gasteiger partial charge in [-0.3, -0.25) is 4.79 Å². The molecule has 1 aromatic heterocycles. The predicted octanol–water partition coefficient (Wildman–Crippen LogP) is 4.31. The Morgan fingerprint density at radius 1 is 1.21 bits per heavy atom. The number of methoxy groups -OCH3 is 2. The van der Waals surface area contributed by atoms with E-state index >= 15 is 0 Å². The summed E-state index contributed by atoms with van der Waals surface area (Å²) in [5.41, 5.74) is 2.77. The minimum absolute atomic E-state index is 0.125. The second kappa shape index (κ2) is 8.84. The van der Waals surface area contributed by atoms with Crippen LogP contribution in [0.1, 0.15) is 12.5 Å². The van der Waals surface area contributed by atoms with Crippen molar-refractivity contribution in [2.75, 3.05) is 20.8 Å². The fourth-order valence-electron chi connectivity index (χ4n) is 2.87. The van der Waals surface area contributed by atoms with Crippen molar-refractivity contribution < 1.29 is 18.7 Å². The van der Waals surface area contributed by atoms with E-state index in [1.807, 2.05) is 29.6 Å². The van der Waals surface area contributed by atoms with Gasteiger partial charge in [-0.2, -0.15) is 0 Å². The molecule has 0 atom stereocenters. The van der Waals surface area contributed by atoms with Gasteiger partial charge in [-0.25, -0.2) is 9.37 Å². The lowest BCUT2D eigenvalue weighted by molar-refractivity contribution is -0.118. The Hall–Kier alpha value is -2.93. The van der Waals surface area contributed by atoms with Crippen molar-refractivity contribution in [3.05, 3.63) is 53.2 Å². The summed E-state index contributed by atoms with van der Waals surface area (Å²) in [6.45, 7) is 1.85. The van der Waals surface area contributed by atoms with Crippen molar-refractivity contribution in [2.45, 2.75) is 13.3 Å². The van der Waals surface area contributed by atoms with Gasteiger partial charge in [0.05, 0.1) is 25.5 Å². The molecule has 0 radical (unpaired) electrons. The molecule has 0 aliphatic heterocycles. The van der Waals surface area contributed by atoms with Crippen LogP contribution in [0.15, 0.2) is 41.8 Å². The highest BCUT2D eigenvalue weighted by Gasteiger charge is 2.15. The molecule has 0 fully saturated rings. The third-order valence-electron chi connectivity index (χ3n) is 4.25. The van der Waals surface area contributed by atoms with Gasteiger partial charge in [0.2, 0.25) is 5.91 Å². The Kier molecular flexibility index (Phi) is 6.26. The van der Waals surface area contributed by atoms with E-state index in [0.717, 1.165) is 10.6 Å². The molecular weight excluding hydrogens is 379 g/mol. The number of nitrogens with zero attached hydrogens (tertiary/aromatic N) is 1. The van der Waals surface area contributed by atoms with Crippen LogP contribution in [-0.4, -0.2) is 31.7 Å². The lowest BCUT2D eigenvalue weighted by Crippen LogP contribution is -2.22. The SMILES string of the molecule is COc1cccc(-c2nc(-c3ccc(CCNC(C)=O)c(F)c3)cs2)c1OC. The minimum atomic E-state index is -0.309. The van der Waals surface area contributed by atoms with Crippen molar-refractivity contribution in [2.24, 2.45) is 0 Å². The Bertz CT molecular complexity index is 988.